The SMILES string of the molecule is CCS(=O)(=O)OC1CC(OS(=O)(=O)CC)C(OS(=O)(=O)CC)C1. The molecule has 138 valence electrons. The molecule has 2 unspecified atom stereocenters. The van der Waals surface area contributed by atoms with E-state index in [0.717, 1.165) is 0 Å². The fourth-order valence-electron chi connectivity index (χ4n) is 1.99. The van der Waals surface area contributed by atoms with Crippen LogP contribution in [0.5, 0.6) is 0 Å². The molecule has 0 aliphatic heterocycles. The average Bonchev–Trinajstić information content (AvgIpc) is 2.78. The molecule has 2 atom stereocenters. The van der Waals surface area contributed by atoms with E-state index in [1.807, 2.05) is 0 Å². The van der Waals surface area contributed by atoms with E-state index < -0.39 is 48.7 Å². The first-order chi connectivity index (χ1) is 10.4. The Labute approximate surface area is 137 Å². The second-order valence-corrected chi connectivity index (χ2v) is 10.7. The van der Waals surface area contributed by atoms with Gasteiger partial charge in [-0.2, -0.15) is 25.3 Å². The van der Waals surface area contributed by atoms with Crippen molar-refractivity contribution >= 4 is 30.4 Å². The van der Waals surface area contributed by atoms with Gasteiger partial charge in [0, 0.05) is 12.8 Å². The van der Waals surface area contributed by atoms with Gasteiger partial charge in [0.05, 0.1) is 23.4 Å². The van der Waals surface area contributed by atoms with Crippen LogP contribution in [0.15, 0.2) is 0 Å². The highest BCUT2D eigenvalue weighted by Crippen LogP contribution is 2.31. The van der Waals surface area contributed by atoms with Crippen molar-refractivity contribution in [2.45, 2.75) is 51.9 Å². The predicted octanol–water partition coefficient (Wildman–Crippen LogP) is -0.0151. The lowest BCUT2D eigenvalue weighted by atomic mass is 10.3. The molecule has 1 aliphatic carbocycles. The molecular formula is C11H22O9S3. The molecule has 0 aromatic rings. The number of rotatable bonds is 9. The molecular weight excluding hydrogens is 372 g/mol. The molecule has 0 bridgehead atoms. The van der Waals surface area contributed by atoms with Gasteiger partial charge in [-0.1, -0.05) is 0 Å². The van der Waals surface area contributed by atoms with E-state index in [2.05, 4.69) is 0 Å². The lowest BCUT2D eigenvalue weighted by Gasteiger charge is -2.18. The maximum Gasteiger partial charge on any atom is 0.267 e. The van der Waals surface area contributed by atoms with Crippen molar-refractivity contribution in [3.05, 3.63) is 0 Å². The molecule has 1 saturated carbocycles. The van der Waals surface area contributed by atoms with Gasteiger partial charge in [0.2, 0.25) is 0 Å². The zero-order valence-corrected chi connectivity index (χ0v) is 15.6. The van der Waals surface area contributed by atoms with Crippen LogP contribution in [-0.2, 0) is 42.9 Å². The van der Waals surface area contributed by atoms with Crippen molar-refractivity contribution in [2.75, 3.05) is 17.3 Å². The summed E-state index contributed by atoms with van der Waals surface area (Å²) >= 11 is 0. The summed E-state index contributed by atoms with van der Waals surface area (Å²) in [7, 11) is -11.5. The molecule has 0 spiro atoms. The first kappa shape index (κ1) is 20.8. The summed E-state index contributed by atoms with van der Waals surface area (Å²) in [6.07, 6.45) is -3.31. The summed E-state index contributed by atoms with van der Waals surface area (Å²) in [5, 5.41) is 0. The van der Waals surface area contributed by atoms with Crippen LogP contribution < -0.4 is 0 Å². The molecule has 0 amide bonds. The Kier molecular flexibility index (Phi) is 6.99. The third-order valence-electron chi connectivity index (χ3n) is 3.29. The van der Waals surface area contributed by atoms with E-state index in [9.17, 15) is 25.3 Å². The molecule has 23 heavy (non-hydrogen) atoms. The second kappa shape index (κ2) is 7.74. The van der Waals surface area contributed by atoms with Gasteiger partial charge in [-0.05, 0) is 20.8 Å². The molecule has 0 radical (unpaired) electrons. The van der Waals surface area contributed by atoms with E-state index in [1.54, 1.807) is 0 Å². The molecule has 1 rings (SSSR count). The standard InChI is InChI=1S/C11H22O9S3/c1-4-21(12,13)18-9-7-10(19-22(14,15)5-2)11(8-9)20-23(16,17)6-3/h9-11H,4-8H2,1-3H3. The lowest BCUT2D eigenvalue weighted by molar-refractivity contribution is 0.0875. The summed E-state index contributed by atoms with van der Waals surface area (Å²) in [6.45, 7) is 4.15. The van der Waals surface area contributed by atoms with Gasteiger partial charge in [0.25, 0.3) is 30.4 Å². The smallest absolute Gasteiger partial charge is 0.267 e. The van der Waals surface area contributed by atoms with E-state index in [0.29, 0.717) is 0 Å². The van der Waals surface area contributed by atoms with Crippen molar-refractivity contribution < 1.29 is 37.8 Å². The number of hydrogen-bond donors (Lipinski definition) is 0. The Bertz CT molecular complexity index is 649. The van der Waals surface area contributed by atoms with Gasteiger partial charge in [0.15, 0.2) is 0 Å². The van der Waals surface area contributed by atoms with Gasteiger partial charge in [0.1, 0.15) is 12.2 Å². The molecule has 0 saturated heterocycles. The predicted molar refractivity (Wildman–Crippen MR) is 82.2 cm³/mol. The zero-order chi connectivity index (χ0) is 17.9. The molecule has 0 aromatic heterocycles. The quantitative estimate of drug-likeness (QED) is 0.495. The molecule has 0 heterocycles. The Balaban J connectivity index is 2.94. The van der Waals surface area contributed by atoms with Gasteiger partial charge in [-0.25, -0.2) is 0 Å². The summed E-state index contributed by atoms with van der Waals surface area (Å²) < 4.78 is 84.2. The van der Waals surface area contributed by atoms with Crippen LogP contribution in [0.2, 0.25) is 0 Å². The van der Waals surface area contributed by atoms with Crippen LogP contribution in [-0.4, -0.2) is 60.8 Å². The Morgan fingerprint density at radius 2 is 0.957 bits per heavy atom. The van der Waals surface area contributed by atoms with Crippen LogP contribution in [0, 0.1) is 0 Å². The Morgan fingerprint density at radius 1 is 0.652 bits per heavy atom. The highest BCUT2D eigenvalue weighted by molar-refractivity contribution is 7.87. The Hall–Kier alpha value is -0.270. The topological polar surface area (TPSA) is 130 Å². The van der Waals surface area contributed by atoms with Gasteiger partial charge >= 0.3 is 0 Å². The highest BCUT2D eigenvalue weighted by Gasteiger charge is 2.42. The summed E-state index contributed by atoms with van der Waals surface area (Å²) in [4.78, 5) is 0. The second-order valence-electron chi connectivity index (χ2n) is 5.00. The van der Waals surface area contributed by atoms with Crippen molar-refractivity contribution in [3.63, 3.8) is 0 Å². The summed E-state index contributed by atoms with van der Waals surface area (Å²) in [5.74, 6) is -0.841. The van der Waals surface area contributed by atoms with E-state index in [1.165, 1.54) is 20.8 Å². The van der Waals surface area contributed by atoms with Gasteiger partial charge < -0.3 is 0 Å². The molecule has 1 aliphatic rings. The zero-order valence-electron chi connectivity index (χ0n) is 13.2. The largest absolute Gasteiger partial charge is 0.267 e. The fourth-order valence-corrected chi connectivity index (χ4v) is 4.13. The molecule has 0 N–H and O–H groups in total. The molecule has 1 fully saturated rings. The van der Waals surface area contributed by atoms with Crippen molar-refractivity contribution in [1.82, 2.24) is 0 Å². The van der Waals surface area contributed by atoms with Crippen LogP contribution in [0.3, 0.4) is 0 Å². The minimum absolute atomic E-state index is 0.0949. The monoisotopic (exact) mass is 394 g/mol. The van der Waals surface area contributed by atoms with Gasteiger partial charge in [-0.15, -0.1) is 0 Å². The molecule has 12 heteroatoms. The highest BCUT2D eigenvalue weighted by atomic mass is 32.2. The maximum atomic E-state index is 11.6. The van der Waals surface area contributed by atoms with Crippen molar-refractivity contribution in [3.8, 4) is 0 Å². The fraction of sp³-hybridized carbons (Fsp3) is 1.00. The van der Waals surface area contributed by atoms with Crippen LogP contribution >= 0.6 is 0 Å². The first-order valence-electron chi connectivity index (χ1n) is 7.16. The van der Waals surface area contributed by atoms with Crippen molar-refractivity contribution in [1.29, 1.82) is 0 Å². The van der Waals surface area contributed by atoms with E-state index in [4.69, 9.17) is 12.5 Å². The Morgan fingerprint density at radius 3 is 1.26 bits per heavy atom. The van der Waals surface area contributed by atoms with Gasteiger partial charge in [-0.3, -0.25) is 12.5 Å². The summed E-state index contributed by atoms with van der Waals surface area (Å²) in [5.41, 5.74) is 0. The summed E-state index contributed by atoms with van der Waals surface area (Å²) in [6, 6.07) is 0. The van der Waals surface area contributed by atoms with E-state index in [-0.39, 0.29) is 30.1 Å². The van der Waals surface area contributed by atoms with Crippen LogP contribution in [0.1, 0.15) is 33.6 Å². The van der Waals surface area contributed by atoms with E-state index >= 15 is 0 Å². The normalized spacial score (nSPS) is 26.5. The minimum Gasteiger partial charge on any atom is -0.267 e. The third kappa shape index (κ3) is 6.63. The lowest BCUT2D eigenvalue weighted by Crippen LogP contribution is -2.31. The van der Waals surface area contributed by atoms with Crippen LogP contribution in [0.4, 0.5) is 0 Å². The van der Waals surface area contributed by atoms with Crippen LogP contribution in [0.25, 0.3) is 0 Å². The minimum atomic E-state index is -3.85. The van der Waals surface area contributed by atoms with Crippen molar-refractivity contribution in [2.24, 2.45) is 0 Å². The average molecular weight is 394 g/mol. The molecule has 9 nitrogen and oxygen atoms in total. The number of hydrogen-bond acceptors (Lipinski definition) is 9. The maximum absolute atomic E-state index is 11.6. The molecule has 0 aromatic carbocycles. The third-order valence-corrected chi connectivity index (χ3v) is 7.06. The first-order valence-corrected chi connectivity index (χ1v) is 11.9.